The van der Waals surface area contributed by atoms with E-state index in [4.69, 9.17) is 15.2 Å². The number of methoxy groups -OCH3 is 1. The Hall–Kier alpha value is -4.00. The third kappa shape index (κ3) is 6.36. The highest BCUT2D eigenvalue weighted by molar-refractivity contribution is 7.94. The van der Waals surface area contributed by atoms with Crippen molar-refractivity contribution in [3.05, 3.63) is 88.6 Å². The van der Waals surface area contributed by atoms with Gasteiger partial charge in [-0.05, 0) is 35.9 Å². The number of anilines is 1. The molecule has 0 radical (unpaired) electrons. The molecular formula is C27H25N3O5S. The van der Waals surface area contributed by atoms with Crippen molar-refractivity contribution < 1.29 is 23.3 Å². The molecule has 1 fully saturated rings. The van der Waals surface area contributed by atoms with Crippen molar-refractivity contribution >= 4 is 27.2 Å². The number of hydrogen-bond acceptors (Lipinski definition) is 7. The van der Waals surface area contributed by atoms with Gasteiger partial charge in [-0.2, -0.15) is 4.36 Å². The van der Waals surface area contributed by atoms with E-state index in [2.05, 4.69) is 21.2 Å². The van der Waals surface area contributed by atoms with E-state index in [-0.39, 0.29) is 35.1 Å². The molecule has 0 saturated carbocycles. The van der Waals surface area contributed by atoms with Crippen LogP contribution in [-0.2, 0) is 20.9 Å². The summed E-state index contributed by atoms with van der Waals surface area (Å²) in [5.41, 5.74) is 8.44. The predicted octanol–water partition coefficient (Wildman–Crippen LogP) is 3.14. The summed E-state index contributed by atoms with van der Waals surface area (Å²) in [5.74, 6) is 6.51. The Kier molecular flexibility index (Phi) is 7.78. The van der Waals surface area contributed by atoms with Crippen molar-refractivity contribution in [3.63, 3.8) is 0 Å². The minimum atomic E-state index is -2.64. The number of carbonyl (C=O) groups excluding carboxylic acids is 2. The Labute approximate surface area is 210 Å². The average molecular weight is 504 g/mol. The molecule has 1 aromatic heterocycles. The molecule has 36 heavy (non-hydrogen) atoms. The van der Waals surface area contributed by atoms with Crippen molar-refractivity contribution in [2.45, 2.75) is 6.42 Å². The number of ketones is 1. The van der Waals surface area contributed by atoms with Crippen LogP contribution in [-0.4, -0.2) is 52.7 Å². The Morgan fingerprint density at radius 2 is 1.86 bits per heavy atom. The van der Waals surface area contributed by atoms with E-state index in [1.165, 1.54) is 12.3 Å². The largest absolute Gasteiger partial charge is 0.497 e. The van der Waals surface area contributed by atoms with Crippen molar-refractivity contribution in [1.82, 2.24) is 4.98 Å². The van der Waals surface area contributed by atoms with E-state index in [1.807, 2.05) is 24.3 Å². The molecular weight excluding hydrogens is 478 g/mol. The third-order valence-electron chi connectivity index (χ3n) is 5.53. The van der Waals surface area contributed by atoms with Gasteiger partial charge in [0.25, 0.3) is 5.91 Å². The molecule has 2 aromatic carbocycles. The van der Waals surface area contributed by atoms with Crippen LogP contribution in [0.2, 0.25) is 0 Å². The van der Waals surface area contributed by atoms with E-state index in [0.717, 1.165) is 5.56 Å². The first-order valence-electron chi connectivity index (χ1n) is 11.2. The summed E-state index contributed by atoms with van der Waals surface area (Å²) in [7, 11) is -1.06. The maximum atomic E-state index is 12.8. The fourth-order valence-electron chi connectivity index (χ4n) is 3.55. The van der Waals surface area contributed by atoms with E-state index in [0.29, 0.717) is 35.7 Å². The van der Waals surface area contributed by atoms with E-state index in [9.17, 15) is 13.8 Å². The summed E-state index contributed by atoms with van der Waals surface area (Å²) in [4.78, 5) is 29.5. The Morgan fingerprint density at radius 3 is 2.64 bits per heavy atom. The van der Waals surface area contributed by atoms with Crippen LogP contribution in [0.25, 0.3) is 0 Å². The van der Waals surface area contributed by atoms with Gasteiger partial charge in [0.1, 0.15) is 11.6 Å². The van der Waals surface area contributed by atoms with Gasteiger partial charge < -0.3 is 15.2 Å². The standard InChI is InChI=1S/C27H25N3O5S/c1-34-24-7-3-5-20(15-24)16-25(31)21-6-2-4-19(14-21)8-9-22-17-23(18-29-26(22)28)27(32)30-36(33)12-10-35-11-13-36/h2-7,14-15,17-18H,10-13,16H2,1H3,(H2,28,29). The molecule has 0 spiro atoms. The summed E-state index contributed by atoms with van der Waals surface area (Å²) in [6, 6.07) is 15.8. The fourth-order valence-corrected chi connectivity index (χ4v) is 5.10. The Morgan fingerprint density at radius 1 is 1.08 bits per heavy atom. The van der Waals surface area contributed by atoms with Crippen LogP contribution in [0.3, 0.4) is 0 Å². The lowest BCUT2D eigenvalue weighted by molar-refractivity contribution is 0.0988. The molecule has 1 aliphatic heterocycles. The summed E-state index contributed by atoms with van der Waals surface area (Å²) in [5, 5.41) is 0. The van der Waals surface area contributed by atoms with Crippen LogP contribution >= 0.6 is 0 Å². The monoisotopic (exact) mass is 503 g/mol. The van der Waals surface area contributed by atoms with E-state index in [1.54, 1.807) is 31.4 Å². The molecule has 0 bridgehead atoms. The second kappa shape index (κ2) is 11.2. The highest BCUT2D eigenvalue weighted by Gasteiger charge is 2.18. The van der Waals surface area contributed by atoms with Crippen molar-refractivity contribution in [2.75, 3.05) is 37.6 Å². The number of rotatable bonds is 5. The normalized spacial score (nSPS) is 14.2. The molecule has 3 aromatic rings. The number of pyridine rings is 1. The van der Waals surface area contributed by atoms with Crippen LogP contribution in [0.15, 0.2) is 65.2 Å². The molecule has 9 heteroatoms. The van der Waals surface area contributed by atoms with Gasteiger partial charge in [-0.15, -0.1) is 0 Å². The molecule has 4 rings (SSSR count). The van der Waals surface area contributed by atoms with E-state index >= 15 is 0 Å². The molecule has 0 atom stereocenters. The van der Waals surface area contributed by atoms with Gasteiger partial charge >= 0.3 is 0 Å². The number of aromatic nitrogens is 1. The maximum absolute atomic E-state index is 12.8. The quantitative estimate of drug-likeness (QED) is 0.419. The number of Topliss-reactive ketones (excluding diaryl/α,β-unsaturated/α-hetero) is 1. The number of ether oxygens (including phenoxy) is 2. The number of nitrogens with two attached hydrogens (primary N) is 1. The highest BCUT2D eigenvalue weighted by atomic mass is 32.2. The Bertz CT molecular complexity index is 1480. The zero-order chi connectivity index (χ0) is 25.5. The summed E-state index contributed by atoms with van der Waals surface area (Å²) < 4.78 is 27.1. The zero-order valence-corrected chi connectivity index (χ0v) is 20.5. The first-order chi connectivity index (χ1) is 17.3. The number of nitrogen functional groups attached to an aromatic ring is 1. The van der Waals surface area contributed by atoms with Crippen molar-refractivity contribution in [2.24, 2.45) is 4.36 Å². The first kappa shape index (κ1) is 25.1. The second-order valence-corrected chi connectivity index (χ2v) is 10.7. The predicted molar refractivity (Wildman–Crippen MR) is 138 cm³/mol. The zero-order valence-electron chi connectivity index (χ0n) is 19.7. The molecule has 0 unspecified atom stereocenters. The molecule has 8 nitrogen and oxygen atoms in total. The van der Waals surface area contributed by atoms with Crippen LogP contribution < -0.4 is 10.5 Å². The number of nitrogens with zero attached hydrogens (tertiary/aromatic N) is 2. The van der Waals surface area contributed by atoms with Gasteiger partial charge in [0.15, 0.2) is 5.78 Å². The van der Waals surface area contributed by atoms with Crippen LogP contribution in [0, 0.1) is 11.8 Å². The minimum Gasteiger partial charge on any atom is -0.497 e. The summed E-state index contributed by atoms with van der Waals surface area (Å²) in [6.07, 6.45) is 1.53. The molecule has 1 amide bonds. The molecule has 1 aliphatic rings. The van der Waals surface area contributed by atoms with Crippen LogP contribution in [0.1, 0.15) is 37.4 Å². The fraction of sp³-hybridized carbons (Fsp3) is 0.222. The number of carbonyl (C=O) groups is 2. The molecule has 0 aliphatic carbocycles. The maximum Gasteiger partial charge on any atom is 0.286 e. The number of benzene rings is 2. The molecule has 2 heterocycles. The van der Waals surface area contributed by atoms with Gasteiger partial charge in [0.05, 0.1) is 52.7 Å². The van der Waals surface area contributed by atoms with Gasteiger partial charge in [-0.25, -0.2) is 9.19 Å². The number of amides is 1. The SMILES string of the molecule is COc1cccc(CC(=O)c2cccc(C#Cc3cc(C(=O)N=S4(=O)CCOCC4)cnc3N)c2)c1. The van der Waals surface area contributed by atoms with Gasteiger partial charge in [-0.3, -0.25) is 9.59 Å². The first-order valence-corrected chi connectivity index (χ1v) is 13.1. The molecule has 2 N–H and O–H groups in total. The molecule has 184 valence electrons. The summed E-state index contributed by atoms with van der Waals surface area (Å²) >= 11 is 0. The lowest BCUT2D eigenvalue weighted by Gasteiger charge is -2.15. The third-order valence-corrected chi connectivity index (χ3v) is 7.64. The van der Waals surface area contributed by atoms with Gasteiger partial charge in [-0.1, -0.05) is 36.1 Å². The van der Waals surface area contributed by atoms with E-state index < -0.39 is 15.6 Å². The minimum absolute atomic E-state index is 0.0514. The van der Waals surface area contributed by atoms with Crippen molar-refractivity contribution in [1.29, 1.82) is 0 Å². The van der Waals surface area contributed by atoms with Crippen molar-refractivity contribution in [3.8, 4) is 17.6 Å². The Balaban J connectivity index is 1.53. The lowest BCUT2D eigenvalue weighted by atomic mass is 10.0. The van der Waals surface area contributed by atoms with Crippen LogP contribution in [0.4, 0.5) is 5.82 Å². The van der Waals surface area contributed by atoms with Gasteiger partial charge in [0, 0.05) is 23.7 Å². The number of hydrogen-bond donors (Lipinski definition) is 1. The topological polar surface area (TPSA) is 121 Å². The molecule has 1 saturated heterocycles. The van der Waals surface area contributed by atoms with Gasteiger partial charge in [0.2, 0.25) is 0 Å². The summed E-state index contributed by atoms with van der Waals surface area (Å²) in [6.45, 7) is 0.626. The smallest absolute Gasteiger partial charge is 0.286 e. The van der Waals surface area contributed by atoms with Crippen LogP contribution in [0.5, 0.6) is 5.75 Å². The second-order valence-electron chi connectivity index (χ2n) is 8.13. The average Bonchev–Trinajstić information content (AvgIpc) is 2.88. The highest BCUT2D eigenvalue weighted by Crippen LogP contribution is 2.16. The lowest BCUT2D eigenvalue weighted by Crippen LogP contribution is -2.26.